The molecular weight excluding hydrogens is 206 g/mol. The van der Waals surface area contributed by atoms with E-state index in [9.17, 15) is 9.59 Å². The van der Waals surface area contributed by atoms with E-state index in [1.165, 1.54) is 16.7 Å². The topological polar surface area (TPSA) is 95.7 Å². The Labute approximate surface area is 85.8 Å². The van der Waals surface area contributed by atoms with Crippen molar-refractivity contribution >= 4 is 23.8 Å². The molecule has 0 spiro atoms. The van der Waals surface area contributed by atoms with Crippen molar-refractivity contribution in [1.82, 2.24) is 10.2 Å². The van der Waals surface area contributed by atoms with E-state index in [-0.39, 0.29) is 6.03 Å². The second-order valence-electron chi connectivity index (χ2n) is 2.84. The second kappa shape index (κ2) is 5.06. The SMILES string of the molecule is NCCNC(=O)N1CSCC1C(=O)O. The van der Waals surface area contributed by atoms with E-state index in [4.69, 9.17) is 10.8 Å². The third-order valence-electron chi connectivity index (χ3n) is 1.85. The summed E-state index contributed by atoms with van der Waals surface area (Å²) in [5.41, 5.74) is 5.22. The van der Waals surface area contributed by atoms with Crippen molar-refractivity contribution < 1.29 is 14.7 Å². The Morgan fingerprint density at radius 3 is 2.93 bits per heavy atom. The van der Waals surface area contributed by atoms with Gasteiger partial charge in [-0.3, -0.25) is 0 Å². The standard InChI is InChI=1S/C7H13N3O3S/c8-1-2-9-7(13)10-4-14-3-5(10)6(11)12/h5H,1-4,8H2,(H,9,13)(H,11,12). The number of nitrogens with one attached hydrogen (secondary N) is 1. The van der Waals surface area contributed by atoms with Gasteiger partial charge in [0, 0.05) is 18.8 Å². The van der Waals surface area contributed by atoms with Crippen molar-refractivity contribution in [3.8, 4) is 0 Å². The zero-order valence-electron chi connectivity index (χ0n) is 7.60. The maximum atomic E-state index is 11.4. The number of nitrogens with zero attached hydrogens (tertiary/aromatic N) is 1. The van der Waals surface area contributed by atoms with Crippen LogP contribution in [0.2, 0.25) is 0 Å². The Hall–Kier alpha value is -0.950. The van der Waals surface area contributed by atoms with E-state index in [0.29, 0.717) is 24.7 Å². The van der Waals surface area contributed by atoms with Crippen LogP contribution in [0, 0.1) is 0 Å². The highest BCUT2D eigenvalue weighted by molar-refractivity contribution is 7.99. The van der Waals surface area contributed by atoms with Crippen LogP contribution in [-0.4, -0.2) is 52.8 Å². The number of rotatable bonds is 3. The van der Waals surface area contributed by atoms with Gasteiger partial charge in [0.1, 0.15) is 6.04 Å². The Morgan fingerprint density at radius 2 is 2.36 bits per heavy atom. The number of aliphatic carboxylic acids is 1. The average Bonchev–Trinajstić information content (AvgIpc) is 2.62. The van der Waals surface area contributed by atoms with Crippen molar-refractivity contribution in [1.29, 1.82) is 0 Å². The quantitative estimate of drug-likeness (QED) is 0.572. The Kier molecular flexibility index (Phi) is 4.02. The zero-order valence-corrected chi connectivity index (χ0v) is 8.42. The molecule has 2 amide bonds. The highest BCUT2D eigenvalue weighted by atomic mass is 32.2. The van der Waals surface area contributed by atoms with Crippen LogP contribution in [0.1, 0.15) is 0 Å². The molecule has 7 heteroatoms. The Balaban J connectivity index is 2.49. The molecule has 1 atom stereocenters. The fourth-order valence-electron chi connectivity index (χ4n) is 1.13. The molecule has 4 N–H and O–H groups in total. The summed E-state index contributed by atoms with van der Waals surface area (Å²) in [4.78, 5) is 23.4. The minimum atomic E-state index is -0.960. The smallest absolute Gasteiger partial charge is 0.327 e. The second-order valence-corrected chi connectivity index (χ2v) is 3.84. The number of carbonyl (C=O) groups excluding carboxylic acids is 1. The number of urea groups is 1. The molecule has 1 heterocycles. The van der Waals surface area contributed by atoms with Gasteiger partial charge in [-0.15, -0.1) is 11.8 Å². The first-order chi connectivity index (χ1) is 6.66. The number of carboxylic acid groups (broad SMARTS) is 1. The maximum absolute atomic E-state index is 11.4. The van der Waals surface area contributed by atoms with Crippen molar-refractivity contribution in [2.45, 2.75) is 6.04 Å². The lowest BCUT2D eigenvalue weighted by Crippen LogP contribution is -2.47. The first kappa shape index (κ1) is 11.1. The average molecular weight is 219 g/mol. The first-order valence-electron chi connectivity index (χ1n) is 4.22. The summed E-state index contributed by atoms with van der Waals surface area (Å²) in [6.07, 6.45) is 0. The molecule has 0 saturated carbocycles. The molecule has 14 heavy (non-hydrogen) atoms. The van der Waals surface area contributed by atoms with Gasteiger partial charge in [-0.2, -0.15) is 0 Å². The first-order valence-corrected chi connectivity index (χ1v) is 5.37. The van der Waals surface area contributed by atoms with E-state index < -0.39 is 12.0 Å². The zero-order chi connectivity index (χ0) is 10.6. The lowest BCUT2D eigenvalue weighted by molar-refractivity contribution is -0.140. The largest absolute Gasteiger partial charge is 0.480 e. The highest BCUT2D eigenvalue weighted by Crippen LogP contribution is 2.20. The number of nitrogens with two attached hydrogens (primary N) is 1. The van der Waals surface area contributed by atoms with Crippen molar-refractivity contribution in [3.63, 3.8) is 0 Å². The molecule has 0 aromatic heterocycles. The van der Waals surface area contributed by atoms with Gasteiger partial charge in [0.15, 0.2) is 0 Å². The molecule has 6 nitrogen and oxygen atoms in total. The van der Waals surface area contributed by atoms with E-state index in [2.05, 4.69) is 5.32 Å². The van der Waals surface area contributed by atoms with E-state index >= 15 is 0 Å². The monoisotopic (exact) mass is 219 g/mol. The molecule has 1 rings (SSSR count). The molecule has 0 radical (unpaired) electrons. The van der Waals surface area contributed by atoms with Crippen molar-refractivity contribution in [3.05, 3.63) is 0 Å². The number of carboxylic acids is 1. The molecule has 0 aromatic rings. The van der Waals surface area contributed by atoms with Crippen LogP contribution in [0.3, 0.4) is 0 Å². The van der Waals surface area contributed by atoms with Crippen LogP contribution in [0.15, 0.2) is 0 Å². The molecule has 1 unspecified atom stereocenters. The predicted molar refractivity (Wildman–Crippen MR) is 53.0 cm³/mol. The summed E-state index contributed by atoms with van der Waals surface area (Å²) in [6, 6.07) is -1.06. The summed E-state index contributed by atoms with van der Waals surface area (Å²) in [6.45, 7) is 0.719. The predicted octanol–water partition coefficient (Wildman–Crippen LogP) is -0.886. The summed E-state index contributed by atoms with van der Waals surface area (Å²) >= 11 is 1.43. The van der Waals surface area contributed by atoms with E-state index in [1.807, 2.05) is 0 Å². The molecule has 1 saturated heterocycles. The lowest BCUT2D eigenvalue weighted by atomic mass is 10.3. The number of carbonyl (C=O) groups is 2. The van der Waals surface area contributed by atoms with Gasteiger partial charge in [0.25, 0.3) is 0 Å². The third-order valence-corrected chi connectivity index (χ3v) is 2.86. The highest BCUT2D eigenvalue weighted by Gasteiger charge is 2.34. The third kappa shape index (κ3) is 2.52. The molecule has 0 aliphatic carbocycles. The van der Waals surface area contributed by atoms with E-state index in [1.54, 1.807) is 0 Å². The van der Waals surface area contributed by atoms with E-state index in [0.717, 1.165) is 0 Å². The van der Waals surface area contributed by atoms with Gasteiger partial charge < -0.3 is 21.1 Å². The van der Waals surface area contributed by atoms with Gasteiger partial charge >= 0.3 is 12.0 Å². The summed E-state index contributed by atoms with van der Waals surface area (Å²) in [5, 5.41) is 11.3. The number of amides is 2. The number of hydrogen-bond donors (Lipinski definition) is 3. The Morgan fingerprint density at radius 1 is 1.64 bits per heavy atom. The summed E-state index contributed by atoms with van der Waals surface area (Å²) in [7, 11) is 0. The molecule has 0 aromatic carbocycles. The Bertz CT molecular complexity index is 236. The fourth-order valence-corrected chi connectivity index (χ4v) is 2.27. The molecule has 1 fully saturated rings. The maximum Gasteiger partial charge on any atom is 0.327 e. The minimum absolute atomic E-state index is 0.352. The number of thioether (sulfide) groups is 1. The molecular formula is C7H13N3O3S. The van der Waals surface area contributed by atoms with Crippen LogP contribution < -0.4 is 11.1 Å². The van der Waals surface area contributed by atoms with Crippen LogP contribution >= 0.6 is 11.8 Å². The fraction of sp³-hybridized carbons (Fsp3) is 0.714. The van der Waals surface area contributed by atoms with Gasteiger partial charge in [-0.1, -0.05) is 0 Å². The number of hydrogen-bond acceptors (Lipinski definition) is 4. The van der Waals surface area contributed by atoms with Crippen LogP contribution in [0.25, 0.3) is 0 Å². The summed E-state index contributed by atoms with van der Waals surface area (Å²) < 4.78 is 0. The van der Waals surface area contributed by atoms with Crippen LogP contribution in [0.5, 0.6) is 0 Å². The van der Waals surface area contributed by atoms with Gasteiger partial charge in [-0.25, -0.2) is 9.59 Å². The summed E-state index contributed by atoms with van der Waals surface area (Å²) in [5.74, 6) is -0.0865. The van der Waals surface area contributed by atoms with Gasteiger partial charge in [0.2, 0.25) is 0 Å². The van der Waals surface area contributed by atoms with Gasteiger partial charge in [0.05, 0.1) is 5.88 Å². The lowest BCUT2D eigenvalue weighted by Gasteiger charge is -2.20. The van der Waals surface area contributed by atoms with Crippen molar-refractivity contribution in [2.75, 3.05) is 24.7 Å². The van der Waals surface area contributed by atoms with Crippen LogP contribution in [0.4, 0.5) is 4.79 Å². The van der Waals surface area contributed by atoms with Crippen molar-refractivity contribution in [2.24, 2.45) is 5.73 Å². The molecule has 0 bridgehead atoms. The normalized spacial score (nSPS) is 20.9. The molecule has 1 aliphatic heterocycles. The molecule has 1 aliphatic rings. The molecule has 80 valence electrons. The van der Waals surface area contributed by atoms with Gasteiger partial charge in [-0.05, 0) is 0 Å². The minimum Gasteiger partial charge on any atom is -0.480 e. The van der Waals surface area contributed by atoms with Crippen LogP contribution in [-0.2, 0) is 4.79 Å².